The molecule has 0 amide bonds. The standard InChI is InChI=1S/C11H23NO/c1-9-11(5,6-7-13-9)8-12-10(2,3)4/h9,12H,6-8H2,1-5H3. The van der Waals surface area contributed by atoms with E-state index in [2.05, 4.69) is 39.9 Å². The minimum atomic E-state index is 0.214. The van der Waals surface area contributed by atoms with E-state index in [0.717, 1.165) is 13.2 Å². The second-order valence-electron chi connectivity index (χ2n) is 5.52. The van der Waals surface area contributed by atoms with Gasteiger partial charge in [0.25, 0.3) is 0 Å². The number of ether oxygens (including phenoxy) is 1. The summed E-state index contributed by atoms with van der Waals surface area (Å²) < 4.78 is 5.59. The van der Waals surface area contributed by atoms with E-state index < -0.39 is 0 Å². The Morgan fingerprint density at radius 1 is 1.46 bits per heavy atom. The van der Waals surface area contributed by atoms with Gasteiger partial charge in [-0.05, 0) is 34.1 Å². The van der Waals surface area contributed by atoms with E-state index in [1.54, 1.807) is 0 Å². The quantitative estimate of drug-likeness (QED) is 0.712. The van der Waals surface area contributed by atoms with Gasteiger partial charge in [-0.2, -0.15) is 0 Å². The van der Waals surface area contributed by atoms with E-state index in [0.29, 0.717) is 11.5 Å². The van der Waals surface area contributed by atoms with Gasteiger partial charge in [-0.3, -0.25) is 0 Å². The fourth-order valence-electron chi connectivity index (χ4n) is 1.57. The van der Waals surface area contributed by atoms with Crippen molar-refractivity contribution in [1.29, 1.82) is 0 Å². The van der Waals surface area contributed by atoms with E-state index in [-0.39, 0.29) is 5.54 Å². The van der Waals surface area contributed by atoms with Crippen LogP contribution in [0.3, 0.4) is 0 Å². The average molecular weight is 185 g/mol. The van der Waals surface area contributed by atoms with Crippen LogP contribution in [0.25, 0.3) is 0 Å². The Morgan fingerprint density at radius 2 is 2.08 bits per heavy atom. The van der Waals surface area contributed by atoms with Crippen LogP contribution in [0.2, 0.25) is 0 Å². The van der Waals surface area contributed by atoms with Crippen LogP contribution in [-0.4, -0.2) is 24.8 Å². The molecule has 0 saturated carbocycles. The molecule has 0 aliphatic carbocycles. The molecular formula is C11H23NO. The van der Waals surface area contributed by atoms with Crippen molar-refractivity contribution in [2.24, 2.45) is 5.41 Å². The summed E-state index contributed by atoms with van der Waals surface area (Å²) in [6.45, 7) is 13.1. The van der Waals surface area contributed by atoms with Gasteiger partial charge in [0, 0.05) is 24.1 Å². The number of hydrogen-bond donors (Lipinski definition) is 1. The minimum absolute atomic E-state index is 0.214. The zero-order valence-corrected chi connectivity index (χ0v) is 9.61. The van der Waals surface area contributed by atoms with Gasteiger partial charge in [0.15, 0.2) is 0 Å². The first-order valence-electron chi connectivity index (χ1n) is 5.20. The summed E-state index contributed by atoms with van der Waals surface area (Å²) >= 11 is 0. The Labute approximate surface area is 82.0 Å². The summed E-state index contributed by atoms with van der Waals surface area (Å²) in [7, 11) is 0. The van der Waals surface area contributed by atoms with Gasteiger partial charge >= 0.3 is 0 Å². The molecule has 1 N–H and O–H groups in total. The van der Waals surface area contributed by atoms with Crippen LogP contribution in [0.15, 0.2) is 0 Å². The Morgan fingerprint density at radius 3 is 2.46 bits per heavy atom. The van der Waals surface area contributed by atoms with Crippen molar-refractivity contribution in [3.05, 3.63) is 0 Å². The van der Waals surface area contributed by atoms with E-state index in [9.17, 15) is 0 Å². The lowest BCUT2D eigenvalue weighted by Gasteiger charge is -2.32. The van der Waals surface area contributed by atoms with Gasteiger partial charge in [-0.15, -0.1) is 0 Å². The van der Waals surface area contributed by atoms with Crippen molar-refractivity contribution in [2.75, 3.05) is 13.2 Å². The summed E-state index contributed by atoms with van der Waals surface area (Å²) in [5.74, 6) is 0. The fourth-order valence-corrected chi connectivity index (χ4v) is 1.57. The van der Waals surface area contributed by atoms with Gasteiger partial charge in [0.1, 0.15) is 0 Å². The first-order valence-corrected chi connectivity index (χ1v) is 5.20. The molecule has 1 heterocycles. The van der Waals surface area contributed by atoms with Gasteiger partial charge < -0.3 is 10.1 Å². The average Bonchev–Trinajstić information content (AvgIpc) is 2.29. The molecule has 2 atom stereocenters. The summed E-state index contributed by atoms with van der Waals surface area (Å²) in [5.41, 5.74) is 0.540. The molecule has 1 saturated heterocycles. The molecule has 1 fully saturated rings. The molecule has 0 aromatic rings. The van der Waals surface area contributed by atoms with Crippen LogP contribution in [0, 0.1) is 5.41 Å². The van der Waals surface area contributed by atoms with E-state index in [1.165, 1.54) is 6.42 Å². The third-order valence-corrected chi connectivity index (χ3v) is 3.05. The second-order valence-corrected chi connectivity index (χ2v) is 5.52. The highest BCUT2D eigenvalue weighted by atomic mass is 16.5. The van der Waals surface area contributed by atoms with Crippen molar-refractivity contribution < 1.29 is 4.74 Å². The first kappa shape index (κ1) is 11.0. The van der Waals surface area contributed by atoms with E-state index in [1.807, 2.05) is 0 Å². The highest BCUT2D eigenvalue weighted by Gasteiger charge is 2.37. The van der Waals surface area contributed by atoms with Gasteiger partial charge in [-0.25, -0.2) is 0 Å². The Bertz CT molecular complexity index is 173. The lowest BCUT2D eigenvalue weighted by atomic mass is 9.83. The maximum Gasteiger partial charge on any atom is 0.0613 e. The largest absolute Gasteiger partial charge is 0.378 e. The third-order valence-electron chi connectivity index (χ3n) is 3.05. The molecule has 0 aromatic carbocycles. The fraction of sp³-hybridized carbons (Fsp3) is 1.00. The highest BCUT2D eigenvalue weighted by molar-refractivity contribution is 4.89. The van der Waals surface area contributed by atoms with Crippen LogP contribution in [0.1, 0.15) is 41.0 Å². The predicted octanol–water partition coefficient (Wildman–Crippen LogP) is 2.19. The lowest BCUT2D eigenvalue weighted by molar-refractivity contribution is 0.0687. The number of nitrogens with one attached hydrogen (secondary N) is 1. The molecule has 2 heteroatoms. The van der Waals surface area contributed by atoms with E-state index >= 15 is 0 Å². The molecule has 2 unspecified atom stereocenters. The summed E-state index contributed by atoms with van der Waals surface area (Å²) in [6, 6.07) is 0. The molecule has 0 spiro atoms. The zero-order chi connectivity index (χ0) is 10.1. The minimum Gasteiger partial charge on any atom is -0.378 e. The molecule has 1 aliphatic heterocycles. The molecule has 2 nitrogen and oxygen atoms in total. The number of hydrogen-bond acceptors (Lipinski definition) is 2. The van der Waals surface area contributed by atoms with E-state index in [4.69, 9.17) is 4.74 Å². The summed E-state index contributed by atoms with van der Waals surface area (Å²) in [5, 5.41) is 3.55. The molecule has 1 aliphatic rings. The van der Waals surface area contributed by atoms with Crippen LogP contribution in [0.4, 0.5) is 0 Å². The van der Waals surface area contributed by atoms with Gasteiger partial charge in [0.05, 0.1) is 6.10 Å². The summed E-state index contributed by atoms with van der Waals surface area (Å²) in [6.07, 6.45) is 1.57. The maximum absolute atomic E-state index is 5.59. The lowest BCUT2D eigenvalue weighted by Crippen LogP contribution is -2.45. The molecule has 0 bridgehead atoms. The van der Waals surface area contributed by atoms with Crippen LogP contribution in [0.5, 0.6) is 0 Å². The topological polar surface area (TPSA) is 21.3 Å². The Balaban J connectivity index is 2.43. The molecular weight excluding hydrogens is 162 g/mol. The maximum atomic E-state index is 5.59. The SMILES string of the molecule is CC1OCCC1(C)CNC(C)(C)C. The van der Waals surface area contributed by atoms with Crippen molar-refractivity contribution in [3.8, 4) is 0 Å². The Kier molecular flexibility index (Phi) is 3.03. The van der Waals surface area contributed by atoms with Crippen molar-refractivity contribution >= 4 is 0 Å². The molecule has 0 aromatic heterocycles. The number of rotatable bonds is 2. The van der Waals surface area contributed by atoms with Crippen molar-refractivity contribution in [3.63, 3.8) is 0 Å². The highest BCUT2D eigenvalue weighted by Crippen LogP contribution is 2.33. The van der Waals surface area contributed by atoms with Gasteiger partial charge in [-0.1, -0.05) is 6.92 Å². The first-order chi connectivity index (χ1) is 5.83. The molecule has 1 rings (SSSR count). The van der Waals surface area contributed by atoms with Crippen molar-refractivity contribution in [1.82, 2.24) is 5.32 Å². The zero-order valence-electron chi connectivity index (χ0n) is 9.61. The van der Waals surface area contributed by atoms with Crippen LogP contribution < -0.4 is 5.32 Å². The Hall–Kier alpha value is -0.0800. The normalized spacial score (nSPS) is 35.3. The molecule has 13 heavy (non-hydrogen) atoms. The van der Waals surface area contributed by atoms with Crippen molar-refractivity contribution in [2.45, 2.75) is 52.7 Å². The monoisotopic (exact) mass is 185 g/mol. The molecule has 78 valence electrons. The van der Waals surface area contributed by atoms with Crippen LogP contribution >= 0.6 is 0 Å². The smallest absolute Gasteiger partial charge is 0.0613 e. The van der Waals surface area contributed by atoms with Gasteiger partial charge in [0.2, 0.25) is 0 Å². The predicted molar refractivity (Wildman–Crippen MR) is 55.9 cm³/mol. The second kappa shape index (κ2) is 3.58. The summed E-state index contributed by atoms with van der Waals surface area (Å²) in [4.78, 5) is 0. The third kappa shape index (κ3) is 2.96. The molecule has 0 radical (unpaired) electrons. The van der Waals surface area contributed by atoms with Crippen LogP contribution in [-0.2, 0) is 4.74 Å².